The first kappa shape index (κ1) is 23.2. The largest absolute Gasteiger partial charge is 0.493 e. The highest BCUT2D eigenvalue weighted by molar-refractivity contribution is 6.27. The maximum atomic E-state index is 15.3. The van der Waals surface area contributed by atoms with Crippen molar-refractivity contribution in [3.63, 3.8) is 0 Å². The van der Waals surface area contributed by atoms with Gasteiger partial charge in [0.15, 0.2) is 0 Å². The molecular formula is C25H30FN7O2. The van der Waals surface area contributed by atoms with Gasteiger partial charge in [-0.15, -0.1) is 10.2 Å². The summed E-state index contributed by atoms with van der Waals surface area (Å²) in [5.74, 6) is -0.149. The molecule has 5 rings (SSSR count). The zero-order valence-corrected chi connectivity index (χ0v) is 20.1. The Morgan fingerprint density at radius 3 is 2.80 bits per heavy atom. The van der Waals surface area contributed by atoms with Crippen molar-refractivity contribution in [2.75, 3.05) is 6.61 Å². The number of tetrazole rings is 1. The monoisotopic (exact) mass is 479 g/mol. The van der Waals surface area contributed by atoms with E-state index in [0.29, 0.717) is 47.2 Å². The van der Waals surface area contributed by atoms with Crippen LogP contribution in [0.25, 0.3) is 11.1 Å². The number of carbonyl (C=O) groups is 1. The number of amides is 1. The van der Waals surface area contributed by atoms with Crippen LogP contribution in [0.3, 0.4) is 0 Å². The molecule has 2 aromatic heterocycles. The Morgan fingerprint density at radius 2 is 2.09 bits per heavy atom. The summed E-state index contributed by atoms with van der Waals surface area (Å²) in [6.07, 6.45) is 8.77. The average molecular weight is 480 g/mol. The fourth-order valence-electron chi connectivity index (χ4n) is 4.62. The lowest BCUT2D eigenvalue weighted by Gasteiger charge is -2.37. The Hall–Kier alpha value is -3.56. The van der Waals surface area contributed by atoms with Crippen molar-refractivity contribution in [1.82, 2.24) is 35.7 Å². The molecule has 3 heterocycles. The molecule has 184 valence electrons. The van der Waals surface area contributed by atoms with Crippen molar-refractivity contribution in [2.24, 2.45) is 0 Å². The van der Waals surface area contributed by atoms with Gasteiger partial charge in [-0.25, -0.2) is 4.39 Å². The fourth-order valence-corrected chi connectivity index (χ4v) is 4.62. The minimum absolute atomic E-state index is 0.188. The quantitative estimate of drug-likeness (QED) is 0.422. The topological polar surface area (TPSA) is 111 Å². The SMILES string of the molecule is CCCCCCOc1ccc([C@]2(C)CC(c3ccn(C4CC4)n3)=C(c3nn[nH]n3)C(=O)N2)c(F)c1. The minimum Gasteiger partial charge on any atom is -0.493 e. The third kappa shape index (κ3) is 4.82. The number of aromatic nitrogens is 6. The van der Waals surface area contributed by atoms with Crippen LogP contribution in [0.2, 0.25) is 0 Å². The first-order valence-corrected chi connectivity index (χ1v) is 12.3. The van der Waals surface area contributed by atoms with Crippen molar-refractivity contribution in [1.29, 1.82) is 0 Å². The van der Waals surface area contributed by atoms with Crippen LogP contribution in [0.4, 0.5) is 4.39 Å². The van der Waals surface area contributed by atoms with E-state index in [2.05, 4.69) is 32.9 Å². The number of hydrogen-bond donors (Lipinski definition) is 2. The first-order valence-electron chi connectivity index (χ1n) is 12.3. The molecule has 9 nitrogen and oxygen atoms in total. The Labute approximate surface area is 203 Å². The van der Waals surface area contributed by atoms with Crippen LogP contribution in [0, 0.1) is 5.82 Å². The number of nitrogens with one attached hydrogen (secondary N) is 2. The zero-order chi connectivity index (χ0) is 24.4. The summed E-state index contributed by atoms with van der Waals surface area (Å²) in [6.45, 7) is 4.53. The van der Waals surface area contributed by atoms with E-state index in [1.807, 2.05) is 23.9 Å². The number of halogens is 1. The number of aromatic amines is 1. The van der Waals surface area contributed by atoms with E-state index >= 15 is 4.39 Å². The third-order valence-corrected chi connectivity index (χ3v) is 6.66. The minimum atomic E-state index is -0.993. The van der Waals surface area contributed by atoms with Gasteiger partial charge in [-0.3, -0.25) is 9.48 Å². The van der Waals surface area contributed by atoms with E-state index in [4.69, 9.17) is 9.84 Å². The fraction of sp³-hybridized carbons (Fsp3) is 0.480. The molecule has 0 spiro atoms. The second-order valence-corrected chi connectivity index (χ2v) is 9.51. The second-order valence-electron chi connectivity index (χ2n) is 9.51. The number of hydrogen-bond acceptors (Lipinski definition) is 6. The van der Waals surface area contributed by atoms with Crippen LogP contribution >= 0.6 is 0 Å². The second kappa shape index (κ2) is 9.59. The number of unbranched alkanes of at least 4 members (excludes halogenated alkanes) is 3. The summed E-state index contributed by atoms with van der Waals surface area (Å²) < 4.78 is 23.0. The maximum Gasteiger partial charge on any atom is 0.256 e. The smallest absolute Gasteiger partial charge is 0.256 e. The number of H-pyrrole nitrogens is 1. The van der Waals surface area contributed by atoms with Gasteiger partial charge in [-0.1, -0.05) is 32.3 Å². The molecule has 1 saturated carbocycles. The van der Waals surface area contributed by atoms with Crippen LogP contribution in [-0.4, -0.2) is 42.9 Å². The molecule has 10 heteroatoms. The summed E-state index contributed by atoms with van der Waals surface area (Å²) >= 11 is 0. The Kier molecular flexibility index (Phi) is 6.36. The molecule has 1 aliphatic carbocycles. The molecule has 1 aliphatic heterocycles. The van der Waals surface area contributed by atoms with Gasteiger partial charge in [-0.05, 0) is 49.1 Å². The van der Waals surface area contributed by atoms with Gasteiger partial charge in [0.2, 0.25) is 5.82 Å². The third-order valence-electron chi connectivity index (χ3n) is 6.66. The number of rotatable bonds is 10. The van der Waals surface area contributed by atoms with E-state index in [9.17, 15) is 4.79 Å². The highest BCUT2D eigenvalue weighted by Gasteiger charge is 2.41. The van der Waals surface area contributed by atoms with E-state index in [1.165, 1.54) is 6.07 Å². The number of carbonyl (C=O) groups excluding carboxylic acids is 1. The van der Waals surface area contributed by atoms with Gasteiger partial charge < -0.3 is 10.1 Å². The lowest BCUT2D eigenvalue weighted by atomic mass is 9.79. The lowest BCUT2D eigenvalue weighted by molar-refractivity contribution is -0.117. The van der Waals surface area contributed by atoms with Crippen molar-refractivity contribution in [3.8, 4) is 5.75 Å². The predicted molar refractivity (Wildman–Crippen MR) is 128 cm³/mol. The van der Waals surface area contributed by atoms with Crippen LogP contribution in [0.1, 0.15) is 81.9 Å². The van der Waals surface area contributed by atoms with Crippen LogP contribution in [0.5, 0.6) is 5.75 Å². The number of nitrogens with zero attached hydrogens (tertiary/aromatic N) is 5. The van der Waals surface area contributed by atoms with Gasteiger partial charge in [0, 0.05) is 24.2 Å². The molecule has 0 radical (unpaired) electrons. The van der Waals surface area contributed by atoms with Gasteiger partial charge in [0.1, 0.15) is 11.6 Å². The summed E-state index contributed by atoms with van der Waals surface area (Å²) in [5, 5.41) is 21.8. The van der Waals surface area contributed by atoms with Crippen LogP contribution < -0.4 is 10.1 Å². The van der Waals surface area contributed by atoms with Crippen LogP contribution in [-0.2, 0) is 10.3 Å². The Balaban J connectivity index is 1.44. The summed E-state index contributed by atoms with van der Waals surface area (Å²) in [7, 11) is 0. The van der Waals surface area contributed by atoms with Gasteiger partial charge >= 0.3 is 0 Å². The molecule has 1 aromatic carbocycles. The molecule has 0 unspecified atom stereocenters. The molecule has 35 heavy (non-hydrogen) atoms. The first-order chi connectivity index (χ1) is 17.0. The van der Waals surface area contributed by atoms with Gasteiger partial charge in [-0.2, -0.15) is 10.3 Å². The van der Waals surface area contributed by atoms with Crippen molar-refractivity contribution < 1.29 is 13.9 Å². The molecule has 0 saturated heterocycles. The zero-order valence-electron chi connectivity index (χ0n) is 20.1. The Bertz CT molecular complexity index is 1230. The molecule has 2 aliphatic rings. The highest BCUT2D eigenvalue weighted by atomic mass is 19.1. The summed E-state index contributed by atoms with van der Waals surface area (Å²) in [4.78, 5) is 13.4. The standard InChI is InChI=1S/C25H30FN7O2/c1-3-4-5-6-13-35-17-9-10-19(20(26)14-17)25(2)15-18(21-11-12-33(30-21)16-7-8-16)22(24(34)27-25)23-28-31-32-29-23/h9-12,14,16H,3-8,13,15H2,1-2H3,(H,27,34)(H,28,29,31,32)/t25-/m0/s1. The van der Waals surface area contributed by atoms with E-state index < -0.39 is 17.3 Å². The molecule has 3 aromatic rings. The summed E-state index contributed by atoms with van der Waals surface area (Å²) in [5.41, 5.74) is 1.00. The lowest BCUT2D eigenvalue weighted by Crippen LogP contribution is -2.48. The van der Waals surface area contributed by atoms with Crippen LogP contribution in [0.15, 0.2) is 30.5 Å². The average Bonchev–Trinajstić information content (AvgIpc) is 3.32. The molecule has 2 N–H and O–H groups in total. The molecule has 1 fully saturated rings. The van der Waals surface area contributed by atoms with E-state index in [0.717, 1.165) is 38.5 Å². The van der Waals surface area contributed by atoms with Gasteiger partial charge in [0.25, 0.3) is 5.91 Å². The number of ether oxygens (including phenoxy) is 1. The maximum absolute atomic E-state index is 15.3. The number of benzene rings is 1. The predicted octanol–water partition coefficient (Wildman–Crippen LogP) is 4.18. The van der Waals surface area contributed by atoms with Crippen molar-refractivity contribution in [3.05, 3.63) is 53.4 Å². The van der Waals surface area contributed by atoms with E-state index in [-0.39, 0.29) is 5.82 Å². The summed E-state index contributed by atoms with van der Waals surface area (Å²) in [6, 6.07) is 7.13. The molecule has 1 amide bonds. The van der Waals surface area contributed by atoms with Crippen molar-refractivity contribution in [2.45, 2.75) is 70.4 Å². The van der Waals surface area contributed by atoms with Gasteiger partial charge in [0.05, 0.1) is 29.5 Å². The Morgan fingerprint density at radius 1 is 1.23 bits per heavy atom. The van der Waals surface area contributed by atoms with E-state index in [1.54, 1.807) is 12.1 Å². The molecule has 0 bridgehead atoms. The highest BCUT2D eigenvalue weighted by Crippen LogP contribution is 2.42. The van der Waals surface area contributed by atoms with Crippen molar-refractivity contribution >= 4 is 17.1 Å². The molecule has 1 atom stereocenters. The normalized spacial score (nSPS) is 20.3. The molecular weight excluding hydrogens is 449 g/mol.